The predicted molar refractivity (Wildman–Crippen MR) is 49.5 cm³/mol. The number of para-hydroxylation sites is 1. The molecule has 0 radical (unpaired) electrons. The van der Waals surface area contributed by atoms with Gasteiger partial charge in [0, 0.05) is 10.7 Å². The molecule has 0 spiro atoms. The molecule has 4 heteroatoms. The molecule has 0 bridgehead atoms. The van der Waals surface area contributed by atoms with Gasteiger partial charge in [-0.1, -0.05) is 18.2 Å². The largest absolute Gasteiger partial charge is 0.464 e. The van der Waals surface area contributed by atoms with Crippen molar-refractivity contribution in [2.24, 2.45) is 0 Å². The van der Waals surface area contributed by atoms with E-state index in [2.05, 4.69) is 14.9 Å². The number of hydrogen-bond acceptors (Lipinski definition) is 4. The molecule has 0 aliphatic rings. The van der Waals surface area contributed by atoms with E-state index in [4.69, 9.17) is 4.42 Å². The summed E-state index contributed by atoms with van der Waals surface area (Å²) in [5.74, 6) is 0. The smallest absolute Gasteiger partial charge is 0.152 e. The minimum Gasteiger partial charge on any atom is -0.464 e. The highest BCUT2D eigenvalue weighted by Gasteiger charge is 2.09. The number of benzene rings is 1. The zero-order valence-electron chi connectivity index (χ0n) is 7.18. The predicted octanol–water partition coefficient (Wildman–Crippen LogP) is 2.48. The number of nitrogens with zero attached hydrogens (tertiary/aromatic N) is 2. The molecule has 0 saturated heterocycles. The maximum Gasteiger partial charge on any atom is 0.152 e. The fourth-order valence-corrected chi connectivity index (χ4v) is 1.46. The summed E-state index contributed by atoms with van der Waals surface area (Å²) in [6, 6.07) is 7.76. The second-order valence-electron chi connectivity index (χ2n) is 2.94. The zero-order chi connectivity index (χ0) is 9.38. The van der Waals surface area contributed by atoms with Gasteiger partial charge in [-0.15, -0.1) is 5.10 Å². The van der Waals surface area contributed by atoms with E-state index in [1.807, 2.05) is 24.3 Å². The summed E-state index contributed by atoms with van der Waals surface area (Å²) < 4.78 is 10.0. The molecule has 4 nitrogen and oxygen atoms in total. The Hall–Kier alpha value is -2.10. The molecule has 2 aromatic heterocycles. The van der Waals surface area contributed by atoms with Crippen molar-refractivity contribution in [2.45, 2.75) is 0 Å². The summed E-state index contributed by atoms with van der Waals surface area (Å²) >= 11 is 0. The lowest BCUT2D eigenvalue weighted by atomic mass is 10.1. The van der Waals surface area contributed by atoms with Gasteiger partial charge < -0.3 is 8.94 Å². The standard InChI is InChI=1S/C10H6N2O2/c1-2-4-10-7(3-1)8(5-13-10)9-6-14-12-11-9/h1-6H. The van der Waals surface area contributed by atoms with Gasteiger partial charge in [-0.25, -0.2) is 0 Å². The maximum absolute atomic E-state index is 5.36. The lowest BCUT2D eigenvalue weighted by molar-refractivity contribution is 0.393. The van der Waals surface area contributed by atoms with Gasteiger partial charge >= 0.3 is 0 Å². The van der Waals surface area contributed by atoms with Gasteiger partial charge in [0.2, 0.25) is 0 Å². The van der Waals surface area contributed by atoms with Crippen LogP contribution in [0.1, 0.15) is 0 Å². The van der Waals surface area contributed by atoms with Crippen molar-refractivity contribution >= 4 is 11.0 Å². The van der Waals surface area contributed by atoms with Gasteiger partial charge in [0.05, 0.1) is 5.56 Å². The van der Waals surface area contributed by atoms with Gasteiger partial charge in [0.1, 0.15) is 17.5 Å². The maximum atomic E-state index is 5.36. The summed E-state index contributed by atoms with van der Waals surface area (Å²) in [7, 11) is 0. The minimum atomic E-state index is 0.690. The normalized spacial score (nSPS) is 10.9. The van der Waals surface area contributed by atoms with E-state index in [9.17, 15) is 0 Å². The molecule has 68 valence electrons. The van der Waals surface area contributed by atoms with Gasteiger partial charge in [-0.2, -0.15) is 0 Å². The van der Waals surface area contributed by atoms with Crippen molar-refractivity contribution in [1.82, 2.24) is 10.4 Å². The molecular formula is C10H6N2O2. The molecule has 3 rings (SSSR count). The van der Waals surface area contributed by atoms with Crippen molar-refractivity contribution in [3.63, 3.8) is 0 Å². The van der Waals surface area contributed by atoms with Gasteiger partial charge in [-0.3, -0.25) is 0 Å². The van der Waals surface area contributed by atoms with E-state index in [0.29, 0.717) is 5.69 Å². The molecule has 14 heavy (non-hydrogen) atoms. The van der Waals surface area contributed by atoms with Crippen molar-refractivity contribution in [2.75, 3.05) is 0 Å². The highest BCUT2D eigenvalue weighted by molar-refractivity contribution is 5.92. The van der Waals surface area contributed by atoms with Crippen molar-refractivity contribution in [3.8, 4) is 11.3 Å². The molecule has 0 aliphatic carbocycles. The van der Waals surface area contributed by atoms with Crippen LogP contribution >= 0.6 is 0 Å². The van der Waals surface area contributed by atoms with Crippen LogP contribution in [0, 0.1) is 0 Å². The Morgan fingerprint density at radius 2 is 2.00 bits per heavy atom. The molecule has 3 aromatic rings. The van der Waals surface area contributed by atoms with Gasteiger partial charge in [0.25, 0.3) is 0 Å². The Kier molecular flexibility index (Phi) is 1.41. The average Bonchev–Trinajstić information content (AvgIpc) is 2.85. The summed E-state index contributed by atoms with van der Waals surface area (Å²) in [5.41, 5.74) is 2.43. The quantitative estimate of drug-likeness (QED) is 0.585. The molecule has 0 amide bonds. The molecule has 0 atom stereocenters. The van der Waals surface area contributed by atoms with Crippen molar-refractivity contribution in [1.29, 1.82) is 0 Å². The fraction of sp³-hybridized carbons (Fsp3) is 0. The SMILES string of the molecule is c1ccc2c(-c3conn3)coc2c1. The van der Waals surface area contributed by atoms with Crippen LogP contribution < -0.4 is 0 Å². The third-order valence-electron chi connectivity index (χ3n) is 2.12. The van der Waals surface area contributed by atoms with Crippen LogP contribution in [0.25, 0.3) is 22.2 Å². The van der Waals surface area contributed by atoms with Crippen LogP contribution in [0.4, 0.5) is 0 Å². The Morgan fingerprint density at radius 3 is 2.86 bits per heavy atom. The molecule has 0 aliphatic heterocycles. The average molecular weight is 186 g/mol. The number of rotatable bonds is 1. The van der Waals surface area contributed by atoms with Crippen LogP contribution in [0.5, 0.6) is 0 Å². The van der Waals surface area contributed by atoms with E-state index in [-0.39, 0.29) is 0 Å². The first-order chi connectivity index (χ1) is 6.95. The minimum absolute atomic E-state index is 0.690. The fourth-order valence-electron chi connectivity index (χ4n) is 1.46. The molecule has 1 aromatic carbocycles. The molecule has 0 N–H and O–H groups in total. The third-order valence-corrected chi connectivity index (χ3v) is 2.12. The van der Waals surface area contributed by atoms with Crippen molar-refractivity contribution in [3.05, 3.63) is 36.8 Å². The number of hydrogen-bond donors (Lipinski definition) is 0. The summed E-state index contributed by atoms with van der Waals surface area (Å²) in [6.07, 6.45) is 3.15. The van der Waals surface area contributed by atoms with E-state index in [1.54, 1.807) is 6.26 Å². The molecule has 2 heterocycles. The number of fused-ring (bicyclic) bond motifs is 1. The first kappa shape index (κ1) is 7.32. The monoisotopic (exact) mass is 186 g/mol. The van der Waals surface area contributed by atoms with Crippen LogP contribution in [0.2, 0.25) is 0 Å². The highest BCUT2D eigenvalue weighted by atomic mass is 16.5. The third kappa shape index (κ3) is 0.939. The number of aromatic nitrogens is 2. The molecule has 0 saturated carbocycles. The van der Waals surface area contributed by atoms with Gasteiger partial charge in [0.15, 0.2) is 6.26 Å². The van der Waals surface area contributed by atoms with Gasteiger partial charge in [-0.05, 0) is 6.07 Å². The Morgan fingerprint density at radius 1 is 1.07 bits per heavy atom. The summed E-state index contributed by atoms with van der Waals surface area (Å²) in [4.78, 5) is 0. The Balaban J connectivity index is 2.33. The second-order valence-corrected chi connectivity index (χ2v) is 2.94. The van der Waals surface area contributed by atoms with Crippen LogP contribution in [0.15, 0.2) is 45.7 Å². The van der Waals surface area contributed by atoms with E-state index >= 15 is 0 Å². The van der Waals surface area contributed by atoms with Crippen LogP contribution in [0.3, 0.4) is 0 Å². The van der Waals surface area contributed by atoms with Crippen molar-refractivity contribution < 1.29 is 8.94 Å². The Bertz CT molecular complexity index is 554. The van der Waals surface area contributed by atoms with Crippen LogP contribution in [-0.4, -0.2) is 10.4 Å². The van der Waals surface area contributed by atoms with E-state index in [0.717, 1.165) is 16.5 Å². The lowest BCUT2D eigenvalue weighted by Gasteiger charge is -1.88. The Labute approximate surface area is 79.1 Å². The van der Waals surface area contributed by atoms with Crippen LogP contribution in [-0.2, 0) is 0 Å². The topological polar surface area (TPSA) is 52.1 Å². The lowest BCUT2D eigenvalue weighted by Crippen LogP contribution is -1.74. The summed E-state index contributed by atoms with van der Waals surface area (Å²) in [5, 5.41) is 8.27. The number of furan rings is 1. The molecule has 0 fully saturated rings. The molecular weight excluding hydrogens is 180 g/mol. The first-order valence-corrected chi connectivity index (χ1v) is 4.19. The highest BCUT2D eigenvalue weighted by Crippen LogP contribution is 2.28. The van der Waals surface area contributed by atoms with E-state index in [1.165, 1.54) is 6.26 Å². The van der Waals surface area contributed by atoms with E-state index < -0.39 is 0 Å². The second kappa shape index (κ2) is 2.70. The first-order valence-electron chi connectivity index (χ1n) is 4.19. The summed E-state index contributed by atoms with van der Waals surface area (Å²) in [6.45, 7) is 0. The zero-order valence-corrected chi connectivity index (χ0v) is 7.18. The molecule has 0 unspecified atom stereocenters.